The van der Waals surface area contributed by atoms with E-state index in [0.29, 0.717) is 6.54 Å². The summed E-state index contributed by atoms with van der Waals surface area (Å²) in [5, 5.41) is 3.74. The molecular formula is C18H21FN2O. The molecule has 1 aromatic carbocycles. The Labute approximate surface area is 129 Å². The lowest BCUT2D eigenvalue weighted by Crippen LogP contribution is -2.26. The van der Waals surface area contributed by atoms with Gasteiger partial charge in [0.05, 0.1) is 6.42 Å². The highest BCUT2D eigenvalue weighted by molar-refractivity contribution is 5.88. The summed E-state index contributed by atoms with van der Waals surface area (Å²) in [5.41, 5.74) is 3.15. The molecule has 1 aromatic heterocycles. The van der Waals surface area contributed by atoms with Crippen LogP contribution in [0.15, 0.2) is 36.0 Å². The molecule has 0 bridgehead atoms. The molecule has 1 aliphatic rings. The lowest BCUT2D eigenvalue weighted by molar-refractivity contribution is -0.120. The zero-order valence-corrected chi connectivity index (χ0v) is 12.6. The van der Waals surface area contributed by atoms with E-state index in [-0.39, 0.29) is 18.1 Å². The first-order valence-corrected chi connectivity index (χ1v) is 7.92. The maximum absolute atomic E-state index is 13.3. The molecule has 22 heavy (non-hydrogen) atoms. The molecule has 4 heteroatoms. The zero-order chi connectivity index (χ0) is 15.4. The summed E-state index contributed by atoms with van der Waals surface area (Å²) in [7, 11) is 0. The number of nitrogens with one attached hydrogen (secondary N) is 2. The van der Waals surface area contributed by atoms with Gasteiger partial charge < -0.3 is 10.3 Å². The average Bonchev–Trinajstić information content (AvgIpc) is 2.90. The number of aromatic nitrogens is 1. The van der Waals surface area contributed by atoms with Crippen LogP contribution in [-0.4, -0.2) is 17.4 Å². The van der Waals surface area contributed by atoms with Gasteiger partial charge in [-0.2, -0.15) is 0 Å². The van der Waals surface area contributed by atoms with Crippen LogP contribution in [-0.2, 0) is 11.2 Å². The normalized spacial score (nSPS) is 14.9. The number of allylic oxidation sites excluding steroid dienone is 1. The second kappa shape index (κ2) is 6.77. The topological polar surface area (TPSA) is 44.9 Å². The van der Waals surface area contributed by atoms with Crippen molar-refractivity contribution < 1.29 is 9.18 Å². The molecule has 2 aromatic rings. The maximum Gasteiger partial charge on any atom is 0.224 e. The van der Waals surface area contributed by atoms with Gasteiger partial charge >= 0.3 is 0 Å². The van der Waals surface area contributed by atoms with Gasteiger partial charge in [-0.3, -0.25) is 4.79 Å². The van der Waals surface area contributed by atoms with E-state index in [2.05, 4.69) is 16.4 Å². The summed E-state index contributed by atoms with van der Waals surface area (Å²) in [6, 6.07) is 4.59. The van der Waals surface area contributed by atoms with Crippen LogP contribution in [0.5, 0.6) is 0 Å². The second-order valence-corrected chi connectivity index (χ2v) is 5.89. The van der Waals surface area contributed by atoms with Gasteiger partial charge in [0.1, 0.15) is 5.82 Å². The van der Waals surface area contributed by atoms with Gasteiger partial charge in [0.25, 0.3) is 0 Å². The molecule has 116 valence electrons. The lowest BCUT2D eigenvalue weighted by Gasteiger charge is -2.12. The van der Waals surface area contributed by atoms with E-state index in [0.717, 1.165) is 29.3 Å². The highest BCUT2D eigenvalue weighted by Gasteiger charge is 2.10. The van der Waals surface area contributed by atoms with Crippen molar-refractivity contribution in [1.29, 1.82) is 0 Å². The molecule has 1 heterocycles. The van der Waals surface area contributed by atoms with E-state index in [1.54, 1.807) is 12.3 Å². The van der Waals surface area contributed by atoms with Crippen molar-refractivity contribution in [2.75, 3.05) is 6.54 Å². The van der Waals surface area contributed by atoms with E-state index in [4.69, 9.17) is 0 Å². The molecule has 0 aliphatic heterocycles. The number of rotatable bonds is 5. The third-order valence-electron chi connectivity index (χ3n) is 4.23. The number of halogens is 1. The number of H-pyrrole nitrogens is 1. The summed E-state index contributed by atoms with van der Waals surface area (Å²) in [6.07, 6.45) is 10.2. The fourth-order valence-corrected chi connectivity index (χ4v) is 3.03. The molecule has 0 unspecified atom stereocenters. The fraction of sp³-hybridized carbons (Fsp3) is 0.389. The Morgan fingerprint density at radius 1 is 1.32 bits per heavy atom. The van der Waals surface area contributed by atoms with E-state index in [1.807, 2.05) is 0 Å². The third-order valence-corrected chi connectivity index (χ3v) is 4.23. The first-order valence-electron chi connectivity index (χ1n) is 7.92. The zero-order valence-electron chi connectivity index (χ0n) is 12.6. The first kappa shape index (κ1) is 14.8. The average molecular weight is 300 g/mol. The van der Waals surface area contributed by atoms with Gasteiger partial charge in [-0.1, -0.05) is 11.6 Å². The van der Waals surface area contributed by atoms with E-state index in [1.165, 1.54) is 37.0 Å². The number of fused-ring (bicyclic) bond motifs is 1. The third kappa shape index (κ3) is 3.56. The van der Waals surface area contributed by atoms with Gasteiger partial charge in [0.2, 0.25) is 5.91 Å². The molecular weight excluding hydrogens is 279 g/mol. The SMILES string of the molecule is O=C(Cc1c[nH]c2ccc(F)cc12)NCCC1=CCCCC1. The van der Waals surface area contributed by atoms with E-state index >= 15 is 0 Å². The lowest BCUT2D eigenvalue weighted by atomic mass is 9.97. The molecule has 1 aliphatic carbocycles. The predicted octanol–water partition coefficient (Wildman–Crippen LogP) is 3.86. The molecule has 0 fully saturated rings. The van der Waals surface area contributed by atoms with Crippen molar-refractivity contribution in [3.63, 3.8) is 0 Å². The minimum absolute atomic E-state index is 0.0124. The molecule has 3 nitrogen and oxygen atoms in total. The van der Waals surface area contributed by atoms with Crippen LogP contribution in [0.4, 0.5) is 4.39 Å². The van der Waals surface area contributed by atoms with Crippen molar-refractivity contribution in [2.24, 2.45) is 0 Å². The number of amides is 1. The Kier molecular flexibility index (Phi) is 4.56. The fourth-order valence-electron chi connectivity index (χ4n) is 3.03. The summed E-state index contributed by atoms with van der Waals surface area (Å²) in [4.78, 5) is 15.1. The van der Waals surface area contributed by atoms with Crippen molar-refractivity contribution in [2.45, 2.75) is 38.5 Å². The molecule has 1 amide bonds. The molecule has 0 atom stereocenters. The van der Waals surface area contributed by atoms with Crippen molar-refractivity contribution in [3.8, 4) is 0 Å². The Bertz CT molecular complexity index is 702. The van der Waals surface area contributed by atoms with Gasteiger partial charge in [0, 0.05) is 23.6 Å². The smallest absolute Gasteiger partial charge is 0.224 e. The van der Waals surface area contributed by atoms with Crippen LogP contribution in [0, 0.1) is 5.82 Å². The number of hydrogen-bond acceptors (Lipinski definition) is 1. The maximum atomic E-state index is 13.3. The van der Waals surface area contributed by atoms with E-state index in [9.17, 15) is 9.18 Å². The Morgan fingerprint density at radius 3 is 3.05 bits per heavy atom. The predicted molar refractivity (Wildman–Crippen MR) is 86.1 cm³/mol. The van der Waals surface area contributed by atoms with Gasteiger partial charge in [-0.05, 0) is 55.9 Å². The molecule has 0 saturated carbocycles. The van der Waals surface area contributed by atoms with Crippen LogP contribution in [0.25, 0.3) is 10.9 Å². The number of carbonyl (C=O) groups is 1. The standard InChI is InChI=1S/C18H21FN2O/c19-15-6-7-17-16(11-15)14(12-21-17)10-18(22)20-9-8-13-4-2-1-3-5-13/h4,6-7,11-12,21H,1-3,5,8-10H2,(H,20,22). The van der Waals surface area contributed by atoms with Crippen LogP contribution in [0.3, 0.4) is 0 Å². The van der Waals surface area contributed by atoms with Gasteiger partial charge in [-0.25, -0.2) is 4.39 Å². The Morgan fingerprint density at radius 2 is 2.23 bits per heavy atom. The number of carbonyl (C=O) groups excluding carboxylic acids is 1. The highest BCUT2D eigenvalue weighted by Crippen LogP contribution is 2.21. The van der Waals surface area contributed by atoms with Crippen molar-refractivity contribution in [3.05, 3.63) is 47.4 Å². The minimum Gasteiger partial charge on any atom is -0.361 e. The van der Waals surface area contributed by atoms with Crippen molar-refractivity contribution >= 4 is 16.8 Å². The summed E-state index contributed by atoms with van der Waals surface area (Å²) >= 11 is 0. The van der Waals surface area contributed by atoms with Crippen LogP contribution >= 0.6 is 0 Å². The van der Waals surface area contributed by atoms with Gasteiger partial charge in [-0.15, -0.1) is 0 Å². The monoisotopic (exact) mass is 300 g/mol. The van der Waals surface area contributed by atoms with Crippen LogP contribution < -0.4 is 5.32 Å². The largest absolute Gasteiger partial charge is 0.361 e. The summed E-state index contributed by atoms with van der Waals surface area (Å²) in [5.74, 6) is -0.292. The Balaban J connectivity index is 1.54. The molecule has 0 saturated heterocycles. The highest BCUT2D eigenvalue weighted by atomic mass is 19.1. The van der Waals surface area contributed by atoms with Gasteiger partial charge in [0.15, 0.2) is 0 Å². The minimum atomic E-state index is -0.280. The van der Waals surface area contributed by atoms with Crippen LogP contribution in [0.2, 0.25) is 0 Å². The molecule has 2 N–H and O–H groups in total. The number of aromatic amines is 1. The molecule has 0 radical (unpaired) electrons. The molecule has 3 rings (SSSR count). The van der Waals surface area contributed by atoms with Crippen molar-refractivity contribution in [1.82, 2.24) is 10.3 Å². The van der Waals surface area contributed by atoms with E-state index < -0.39 is 0 Å². The summed E-state index contributed by atoms with van der Waals surface area (Å²) < 4.78 is 13.3. The number of hydrogen-bond donors (Lipinski definition) is 2. The summed E-state index contributed by atoms with van der Waals surface area (Å²) in [6.45, 7) is 0.682. The quantitative estimate of drug-likeness (QED) is 0.809. The number of benzene rings is 1. The Hall–Kier alpha value is -2.10. The second-order valence-electron chi connectivity index (χ2n) is 5.89. The first-order chi connectivity index (χ1) is 10.7. The molecule has 0 spiro atoms. The van der Waals surface area contributed by atoms with Crippen LogP contribution in [0.1, 0.15) is 37.7 Å².